The lowest BCUT2D eigenvalue weighted by molar-refractivity contribution is 0.310. The summed E-state index contributed by atoms with van der Waals surface area (Å²) in [6, 6.07) is 0. The molecule has 0 bridgehead atoms. The molecule has 0 aliphatic rings. The van der Waals surface area contributed by atoms with Crippen LogP contribution in [0.15, 0.2) is 4.63 Å². The van der Waals surface area contributed by atoms with Crippen molar-refractivity contribution in [2.45, 2.75) is 6.92 Å². The van der Waals surface area contributed by atoms with Crippen LogP contribution in [0.4, 0.5) is 11.6 Å². The molecule has 0 saturated carbocycles. The maximum absolute atomic E-state index is 5.30. The highest BCUT2D eigenvalue weighted by Crippen LogP contribution is 2.08. The van der Waals surface area contributed by atoms with Crippen molar-refractivity contribution in [1.82, 2.24) is 10.3 Å². The molecule has 0 unspecified atom stereocenters. The molecule has 5 nitrogen and oxygen atoms in total. The Bertz CT molecular complexity index is 184. The molecule has 5 heteroatoms. The summed E-state index contributed by atoms with van der Waals surface area (Å²) in [5.74, 6) is 0.814. The van der Waals surface area contributed by atoms with Crippen molar-refractivity contribution in [2.24, 2.45) is 0 Å². The van der Waals surface area contributed by atoms with Crippen molar-refractivity contribution in [3.05, 3.63) is 0 Å². The minimum atomic E-state index is 0.303. The monoisotopic (exact) mass is 128 g/mol. The summed E-state index contributed by atoms with van der Waals surface area (Å²) in [4.78, 5) is 0. The molecule has 0 atom stereocenters. The smallest absolute Gasteiger partial charge is 0.215 e. The number of hydrogen-bond acceptors (Lipinski definition) is 5. The Morgan fingerprint density at radius 2 is 2.44 bits per heavy atom. The number of anilines is 2. The van der Waals surface area contributed by atoms with Crippen LogP contribution >= 0.6 is 0 Å². The second-order valence-electron chi connectivity index (χ2n) is 1.53. The number of nitrogens with zero attached hydrogens (tertiary/aromatic N) is 2. The Kier molecular flexibility index (Phi) is 1.53. The summed E-state index contributed by atoms with van der Waals surface area (Å²) >= 11 is 0. The van der Waals surface area contributed by atoms with E-state index in [2.05, 4.69) is 20.3 Å². The summed E-state index contributed by atoms with van der Waals surface area (Å²) in [6.07, 6.45) is 0. The minimum Gasteiger partial charge on any atom is -0.378 e. The van der Waals surface area contributed by atoms with E-state index >= 15 is 0 Å². The van der Waals surface area contributed by atoms with Gasteiger partial charge >= 0.3 is 0 Å². The highest BCUT2D eigenvalue weighted by molar-refractivity contribution is 5.53. The Hall–Kier alpha value is -1.26. The van der Waals surface area contributed by atoms with E-state index in [1.165, 1.54) is 0 Å². The van der Waals surface area contributed by atoms with Crippen LogP contribution in [0.25, 0.3) is 0 Å². The first-order valence-electron chi connectivity index (χ1n) is 2.66. The van der Waals surface area contributed by atoms with Crippen LogP contribution in [0.1, 0.15) is 6.92 Å². The van der Waals surface area contributed by atoms with Crippen LogP contribution in [-0.2, 0) is 0 Å². The van der Waals surface area contributed by atoms with Crippen LogP contribution in [0.5, 0.6) is 0 Å². The first-order valence-corrected chi connectivity index (χ1v) is 2.66. The average Bonchev–Trinajstić information content (AvgIpc) is 2.18. The highest BCUT2D eigenvalue weighted by atomic mass is 16.6. The van der Waals surface area contributed by atoms with Crippen molar-refractivity contribution in [1.29, 1.82) is 0 Å². The number of nitrogens with two attached hydrogens (primary N) is 1. The lowest BCUT2D eigenvalue weighted by atomic mass is 10.6. The number of nitrogen functional groups attached to an aromatic ring is 1. The topological polar surface area (TPSA) is 77.0 Å². The van der Waals surface area contributed by atoms with Crippen molar-refractivity contribution >= 4 is 11.6 Å². The Morgan fingerprint density at radius 1 is 1.67 bits per heavy atom. The van der Waals surface area contributed by atoms with Gasteiger partial charge in [0.25, 0.3) is 0 Å². The molecule has 0 aromatic carbocycles. The quantitative estimate of drug-likeness (QED) is 0.590. The summed E-state index contributed by atoms with van der Waals surface area (Å²) in [5.41, 5.74) is 5.30. The van der Waals surface area contributed by atoms with Gasteiger partial charge in [0.05, 0.1) is 0 Å². The Balaban J connectivity index is 2.69. The van der Waals surface area contributed by atoms with Gasteiger partial charge in [-0.25, -0.2) is 4.63 Å². The fraction of sp³-hybridized carbons (Fsp3) is 0.500. The van der Waals surface area contributed by atoms with E-state index in [4.69, 9.17) is 5.73 Å². The average molecular weight is 128 g/mol. The molecule has 1 aromatic rings. The number of aromatic nitrogens is 2. The molecule has 50 valence electrons. The van der Waals surface area contributed by atoms with Crippen LogP contribution < -0.4 is 11.1 Å². The third kappa shape index (κ3) is 1.10. The van der Waals surface area contributed by atoms with E-state index in [1.54, 1.807) is 0 Å². The summed E-state index contributed by atoms with van der Waals surface area (Å²) < 4.78 is 4.31. The molecule has 3 N–H and O–H groups in total. The first-order chi connectivity index (χ1) is 4.34. The van der Waals surface area contributed by atoms with Crippen molar-refractivity contribution < 1.29 is 4.63 Å². The predicted molar refractivity (Wildman–Crippen MR) is 32.9 cm³/mol. The fourth-order valence-electron chi connectivity index (χ4n) is 0.485. The summed E-state index contributed by atoms with van der Waals surface area (Å²) in [6.45, 7) is 2.70. The lowest BCUT2D eigenvalue weighted by Gasteiger charge is -1.92. The van der Waals surface area contributed by atoms with Crippen molar-refractivity contribution in [3.63, 3.8) is 0 Å². The van der Waals surface area contributed by atoms with E-state index in [0.29, 0.717) is 11.6 Å². The third-order valence-corrected chi connectivity index (χ3v) is 0.858. The van der Waals surface area contributed by atoms with Crippen LogP contribution in [0, 0.1) is 0 Å². The highest BCUT2D eigenvalue weighted by Gasteiger charge is 2.01. The molecular weight excluding hydrogens is 120 g/mol. The summed E-state index contributed by atoms with van der Waals surface area (Å²) in [5, 5.41) is 9.71. The predicted octanol–water partition coefficient (Wildman–Crippen LogP) is 0.0836. The van der Waals surface area contributed by atoms with Crippen LogP contribution in [-0.4, -0.2) is 16.9 Å². The van der Waals surface area contributed by atoms with Gasteiger partial charge in [0.1, 0.15) is 0 Å². The number of hydrogen-bond donors (Lipinski definition) is 2. The Labute approximate surface area is 52.2 Å². The molecule has 0 saturated heterocycles. The first kappa shape index (κ1) is 5.87. The molecule has 1 aromatic heterocycles. The van der Waals surface area contributed by atoms with E-state index in [9.17, 15) is 0 Å². The van der Waals surface area contributed by atoms with Gasteiger partial charge < -0.3 is 11.1 Å². The number of nitrogens with one attached hydrogen (secondary N) is 1. The lowest BCUT2D eigenvalue weighted by Crippen LogP contribution is -1.99. The molecule has 1 rings (SSSR count). The molecule has 0 amide bonds. The molecule has 0 aliphatic heterocycles. The van der Waals surface area contributed by atoms with E-state index in [-0.39, 0.29) is 0 Å². The fourth-order valence-corrected chi connectivity index (χ4v) is 0.485. The van der Waals surface area contributed by atoms with E-state index in [0.717, 1.165) is 6.54 Å². The Morgan fingerprint density at radius 3 is 2.89 bits per heavy atom. The molecule has 0 aliphatic carbocycles. The normalized spacial score (nSPS) is 9.44. The maximum Gasteiger partial charge on any atom is 0.215 e. The van der Waals surface area contributed by atoms with Gasteiger partial charge in [0, 0.05) is 6.54 Å². The standard InChI is InChI=1S/C4H8N4O/c1-2-6-4-3(5)7-9-8-4/h2H2,1H3,(H2,5,7)(H,6,8). The summed E-state index contributed by atoms with van der Waals surface area (Å²) in [7, 11) is 0. The zero-order chi connectivity index (χ0) is 6.69. The van der Waals surface area contributed by atoms with Gasteiger partial charge in [-0.1, -0.05) is 0 Å². The van der Waals surface area contributed by atoms with Gasteiger partial charge in [0.2, 0.25) is 11.6 Å². The molecule has 0 spiro atoms. The zero-order valence-electron chi connectivity index (χ0n) is 5.09. The maximum atomic E-state index is 5.30. The van der Waals surface area contributed by atoms with Crippen molar-refractivity contribution in [3.8, 4) is 0 Å². The zero-order valence-corrected chi connectivity index (χ0v) is 5.09. The van der Waals surface area contributed by atoms with Crippen LogP contribution in [0.3, 0.4) is 0 Å². The molecule has 9 heavy (non-hydrogen) atoms. The largest absolute Gasteiger partial charge is 0.378 e. The van der Waals surface area contributed by atoms with E-state index < -0.39 is 0 Å². The SMILES string of the molecule is CCNc1nonc1N. The van der Waals surface area contributed by atoms with Gasteiger partial charge in [-0.05, 0) is 17.2 Å². The van der Waals surface area contributed by atoms with Gasteiger partial charge in [-0.3, -0.25) is 0 Å². The molecule has 0 fully saturated rings. The second kappa shape index (κ2) is 2.34. The molecular formula is C4H8N4O. The molecule has 0 radical (unpaired) electrons. The van der Waals surface area contributed by atoms with Crippen LogP contribution in [0.2, 0.25) is 0 Å². The third-order valence-electron chi connectivity index (χ3n) is 0.858. The second-order valence-corrected chi connectivity index (χ2v) is 1.53. The minimum absolute atomic E-state index is 0.303. The van der Waals surface area contributed by atoms with Crippen molar-refractivity contribution in [2.75, 3.05) is 17.6 Å². The van der Waals surface area contributed by atoms with Gasteiger partial charge in [-0.2, -0.15) is 0 Å². The van der Waals surface area contributed by atoms with E-state index in [1.807, 2.05) is 6.92 Å². The van der Waals surface area contributed by atoms with Gasteiger partial charge in [0.15, 0.2) is 0 Å². The molecule has 1 heterocycles. The van der Waals surface area contributed by atoms with Gasteiger partial charge in [-0.15, -0.1) is 0 Å². The number of rotatable bonds is 2.